The molecule has 0 bridgehead atoms. The standard InChI is InChI=1S/C16H21N5O4S/c1-16-3-10(21(11(16)4-16)12(22)5-17)14(23)19-6-9-2-8(7-26-9)13(18)20-15(24)25/h2,7,10-11H,3-6,17H2,1H3,(H2,18,20)(H,19,23)(H,24,25)/t10-,11-,16+/m0/s1. The summed E-state index contributed by atoms with van der Waals surface area (Å²) < 4.78 is 0. The minimum absolute atomic E-state index is 0.0144. The first-order valence-corrected chi connectivity index (χ1v) is 9.08. The number of nitrogens with zero attached hydrogens (tertiary/aromatic N) is 1. The number of amides is 3. The van der Waals surface area contributed by atoms with Gasteiger partial charge in [-0.3, -0.25) is 20.3 Å². The van der Waals surface area contributed by atoms with E-state index in [1.807, 2.05) is 5.32 Å². The van der Waals surface area contributed by atoms with Gasteiger partial charge in [0.25, 0.3) is 0 Å². The van der Waals surface area contributed by atoms with Crippen molar-refractivity contribution < 1.29 is 19.5 Å². The van der Waals surface area contributed by atoms with Gasteiger partial charge in [-0.05, 0) is 24.3 Å². The number of piperidine rings is 1. The van der Waals surface area contributed by atoms with Crippen molar-refractivity contribution in [3.05, 3.63) is 21.9 Å². The van der Waals surface area contributed by atoms with Crippen molar-refractivity contribution in [1.82, 2.24) is 15.5 Å². The number of carbonyl (C=O) groups is 3. The van der Waals surface area contributed by atoms with E-state index >= 15 is 0 Å². The fourth-order valence-corrected chi connectivity index (χ4v) is 4.36. The van der Waals surface area contributed by atoms with Crippen LogP contribution in [0, 0.1) is 10.8 Å². The van der Waals surface area contributed by atoms with Crippen molar-refractivity contribution in [3.8, 4) is 0 Å². The van der Waals surface area contributed by atoms with Gasteiger partial charge in [0.05, 0.1) is 13.1 Å². The van der Waals surface area contributed by atoms with Crippen molar-refractivity contribution in [3.63, 3.8) is 0 Å². The zero-order valence-electron chi connectivity index (χ0n) is 14.2. The molecule has 2 aliphatic rings. The summed E-state index contributed by atoms with van der Waals surface area (Å²) >= 11 is 1.32. The molecule has 1 saturated carbocycles. The average molecular weight is 379 g/mol. The van der Waals surface area contributed by atoms with Crippen LogP contribution in [0.2, 0.25) is 0 Å². The Hall–Kier alpha value is -2.46. The van der Waals surface area contributed by atoms with E-state index in [1.54, 1.807) is 16.3 Å². The maximum Gasteiger partial charge on any atom is 0.410 e. The number of rotatable bonds is 5. The Balaban J connectivity index is 1.59. The molecular formula is C16H21N5O4S. The van der Waals surface area contributed by atoms with Gasteiger partial charge in [0.2, 0.25) is 11.8 Å². The fourth-order valence-electron chi connectivity index (χ4n) is 3.54. The highest BCUT2D eigenvalue weighted by Crippen LogP contribution is 2.59. The van der Waals surface area contributed by atoms with Crippen molar-refractivity contribution in [2.75, 3.05) is 6.54 Å². The number of amidine groups is 1. The molecule has 10 heteroatoms. The van der Waals surface area contributed by atoms with Crippen molar-refractivity contribution >= 4 is 35.1 Å². The predicted octanol–water partition coefficient (Wildman–Crippen LogP) is 0.295. The number of fused-ring (bicyclic) bond motifs is 1. The number of carbonyl (C=O) groups excluding carboxylic acids is 2. The second-order valence-electron chi connectivity index (χ2n) is 6.92. The van der Waals surface area contributed by atoms with Crippen LogP contribution in [0.4, 0.5) is 4.79 Å². The molecule has 3 rings (SSSR count). The highest BCUT2D eigenvalue weighted by molar-refractivity contribution is 7.10. The van der Waals surface area contributed by atoms with Crippen LogP contribution in [0.25, 0.3) is 0 Å². The van der Waals surface area contributed by atoms with Gasteiger partial charge in [-0.15, -0.1) is 11.3 Å². The number of nitrogens with one attached hydrogen (secondary N) is 3. The van der Waals surface area contributed by atoms with Crippen molar-refractivity contribution in [2.24, 2.45) is 11.1 Å². The quantitative estimate of drug-likeness (QED) is 0.368. The Morgan fingerprint density at radius 1 is 1.46 bits per heavy atom. The van der Waals surface area contributed by atoms with Gasteiger partial charge >= 0.3 is 6.09 Å². The normalized spacial score (nSPS) is 26.2. The summed E-state index contributed by atoms with van der Waals surface area (Å²) in [6.07, 6.45) is 0.252. The van der Waals surface area contributed by atoms with E-state index in [0.29, 0.717) is 12.0 Å². The Morgan fingerprint density at radius 3 is 2.85 bits per heavy atom. The van der Waals surface area contributed by atoms with Gasteiger partial charge in [0.15, 0.2) is 0 Å². The molecule has 1 aromatic heterocycles. The van der Waals surface area contributed by atoms with Crippen LogP contribution in [0.15, 0.2) is 11.4 Å². The average Bonchev–Trinajstić information content (AvgIpc) is 2.96. The van der Waals surface area contributed by atoms with Crippen LogP contribution >= 0.6 is 11.3 Å². The predicted molar refractivity (Wildman–Crippen MR) is 95.0 cm³/mol. The molecule has 26 heavy (non-hydrogen) atoms. The molecule has 1 aliphatic carbocycles. The minimum atomic E-state index is -1.30. The molecule has 2 fully saturated rings. The lowest BCUT2D eigenvalue weighted by molar-refractivity contribution is -0.138. The lowest BCUT2D eigenvalue weighted by atomic mass is 10.0. The largest absolute Gasteiger partial charge is 0.465 e. The molecule has 0 unspecified atom stereocenters. The van der Waals surface area contributed by atoms with Crippen molar-refractivity contribution in [1.29, 1.82) is 5.41 Å². The maximum atomic E-state index is 12.6. The van der Waals surface area contributed by atoms with E-state index in [2.05, 4.69) is 12.2 Å². The highest BCUT2D eigenvalue weighted by Gasteiger charge is 2.64. The summed E-state index contributed by atoms with van der Waals surface area (Å²) in [5, 5.41) is 22.7. The molecular weight excluding hydrogens is 358 g/mol. The van der Waals surface area contributed by atoms with Gasteiger partial charge in [-0.25, -0.2) is 4.79 Å². The summed E-state index contributed by atoms with van der Waals surface area (Å²) in [6, 6.07) is 1.26. The molecule has 0 aromatic carbocycles. The van der Waals surface area contributed by atoms with Crippen LogP contribution < -0.4 is 16.4 Å². The van der Waals surface area contributed by atoms with E-state index in [4.69, 9.17) is 16.2 Å². The maximum absolute atomic E-state index is 12.6. The van der Waals surface area contributed by atoms with Gasteiger partial charge in [0.1, 0.15) is 11.9 Å². The molecule has 2 heterocycles. The Kier molecular flexibility index (Phi) is 4.72. The summed E-state index contributed by atoms with van der Waals surface area (Å²) in [4.78, 5) is 37.7. The lowest BCUT2D eigenvalue weighted by Gasteiger charge is -2.26. The third-order valence-corrected chi connectivity index (χ3v) is 5.95. The van der Waals surface area contributed by atoms with Crippen LogP contribution in [0.5, 0.6) is 0 Å². The van der Waals surface area contributed by atoms with E-state index in [-0.39, 0.29) is 42.2 Å². The molecule has 6 N–H and O–H groups in total. The highest BCUT2D eigenvalue weighted by atomic mass is 32.1. The number of carboxylic acid groups (broad SMARTS) is 1. The molecule has 140 valence electrons. The van der Waals surface area contributed by atoms with E-state index in [0.717, 1.165) is 11.3 Å². The Bertz CT molecular complexity index is 778. The van der Waals surface area contributed by atoms with Gasteiger partial charge in [-0.2, -0.15) is 0 Å². The third kappa shape index (κ3) is 3.42. The number of likely N-dealkylation sites (tertiary alicyclic amines) is 1. The first-order chi connectivity index (χ1) is 12.2. The summed E-state index contributed by atoms with van der Waals surface area (Å²) in [6.45, 7) is 2.23. The van der Waals surface area contributed by atoms with E-state index in [9.17, 15) is 14.4 Å². The minimum Gasteiger partial charge on any atom is -0.465 e. The zero-order valence-corrected chi connectivity index (χ0v) is 15.1. The third-order valence-electron chi connectivity index (χ3n) is 5.01. The molecule has 3 amide bonds. The summed E-state index contributed by atoms with van der Waals surface area (Å²) in [7, 11) is 0. The van der Waals surface area contributed by atoms with Crippen LogP contribution in [-0.2, 0) is 16.1 Å². The van der Waals surface area contributed by atoms with Gasteiger partial charge < -0.3 is 21.1 Å². The van der Waals surface area contributed by atoms with Crippen molar-refractivity contribution in [2.45, 2.75) is 38.4 Å². The second kappa shape index (κ2) is 6.69. The fraction of sp³-hybridized carbons (Fsp3) is 0.500. The first-order valence-electron chi connectivity index (χ1n) is 8.20. The molecule has 1 aliphatic heterocycles. The van der Waals surface area contributed by atoms with Crippen LogP contribution in [-0.4, -0.2) is 52.4 Å². The molecule has 1 aromatic rings. The number of nitrogens with two attached hydrogens (primary N) is 1. The molecule has 0 radical (unpaired) electrons. The first kappa shape index (κ1) is 18.3. The monoisotopic (exact) mass is 379 g/mol. The second-order valence-corrected chi connectivity index (χ2v) is 7.92. The molecule has 0 spiro atoms. The number of thiophene rings is 1. The van der Waals surface area contributed by atoms with Gasteiger partial charge in [0, 0.05) is 21.9 Å². The molecule has 1 saturated heterocycles. The van der Waals surface area contributed by atoms with Crippen LogP contribution in [0.1, 0.15) is 30.2 Å². The lowest BCUT2D eigenvalue weighted by Crippen LogP contribution is -2.49. The number of hydrogen-bond acceptors (Lipinski definition) is 6. The molecule has 9 nitrogen and oxygen atoms in total. The van der Waals surface area contributed by atoms with Crippen LogP contribution in [0.3, 0.4) is 0 Å². The smallest absolute Gasteiger partial charge is 0.410 e. The topological polar surface area (TPSA) is 149 Å². The summed E-state index contributed by atoms with van der Waals surface area (Å²) in [5.41, 5.74) is 5.93. The molecule has 3 atom stereocenters. The number of hydrogen-bond donors (Lipinski definition) is 5. The van der Waals surface area contributed by atoms with E-state index < -0.39 is 12.1 Å². The van der Waals surface area contributed by atoms with Gasteiger partial charge in [-0.1, -0.05) is 6.92 Å². The SMILES string of the molecule is C[C@@]12C[C@@H]1N(C(=O)CN)[C@H](C(=O)NCc1cc(C(=N)NC(=O)O)cs1)C2. The zero-order chi connectivity index (χ0) is 19.1. The summed E-state index contributed by atoms with van der Waals surface area (Å²) in [5.74, 6) is -0.633. The Morgan fingerprint density at radius 2 is 2.19 bits per heavy atom. The Labute approximate surface area is 154 Å². The van der Waals surface area contributed by atoms with E-state index in [1.165, 1.54) is 11.3 Å².